The maximum atomic E-state index is 9.73. The number of hydrogen-bond acceptors (Lipinski definition) is 6. The highest BCUT2D eigenvalue weighted by Crippen LogP contribution is 2.10. The lowest BCUT2D eigenvalue weighted by atomic mass is 10.0. The van der Waals surface area contributed by atoms with Gasteiger partial charge in [0.25, 0.3) is 0 Å². The van der Waals surface area contributed by atoms with Crippen LogP contribution < -0.4 is 5.32 Å². The molecule has 6 nitrogen and oxygen atoms in total. The van der Waals surface area contributed by atoms with Crippen LogP contribution in [-0.2, 0) is 0 Å². The van der Waals surface area contributed by atoms with E-state index in [1.165, 1.54) is 51.4 Å². The standard InChI is InChI=1S/C18H39NO5/c1-2-3-4-5-6-7-8-9-10-11-12-19-13-15(21)17(23)18(24)16(22)14-20/h15-24H,2-14H2,1H3/t15-,16+,17+,18+/m0/s1. The zero-order chi connectivity index (χ0) is 18.2. The van der Waals surface area contributed by atoms with E-state index >= 15 is 0 Å². The molecule has 0 radical (unpaired) electrons. The van der Waals surface area contributed by atoms with Gasteiger partial charge in [0.2, 0.25) is 0 Å². The summed E-state index contributed by atoms with van der Waals surface area (Å²) in [5.74, 6) is 0. The topological polar surface area (TPSA) is 113 Å². The van der Waals surface area contributed by atoms with E-state index in [1.807, 2.05) is 0 Å². The molecule has 146 valence electrons. The molecule has 0 fully saturated rings. The first-order chi connectivity index (χ1) is 11.5. The van der Waals surface area contributed by atoms with Crippen molar-refractivity contribution in [1.82, 2.24) is 5.32 Å². The molecule has 0 heterocycles. The molecule has 6 heteroatoms. The second kappa shape index (κ2) is 16.2. The lowest BCUT2D eigenvalue weighted by molar-refractivity contribution is -0.113. The lowest BCUT2D eigenvalue weighted by Crippen LogP contribution is -2.49. The van der Waals surface area contributed by atoms with Crippen molar-refractivity contribution in [2.45, 2.75) is 95.5 Å². The van der Waals surface area contributed by atoms with Gasteiger partial charge < -0.3 is 30.8 Å². The van der Waals surface area contributed by atoms with Crippen molar-refractivity contribution in [1.29, 1.82) is 0 Å². The first-order valence-electron chi connectivity index (χ1n) is 9.58. The van der Waals surface area contributed by atoms with Gasteiger partial charge in [-0.05, 0) is 13.0 Å². The first kappa shape index (κ1) is 23.8. The largest absolute Gasteiger partial charge is 0.394 e. The molecule has 0 bridgehead atoms. The van der Waals surface area contributed by atoms with Crippen molar-refractivity contribution in [2.24, 2.45) is 0 Å². The van der Waals surface area contributed by atoms with E-state index in [0.29, 0.717) is 0 Å². The molecule has 0 saturated heterocycles. The average Bonchev–Trinajstić information content (AvgIpc) is 2.60. The molecular weight excluding hydrogens is 310 g/mol. The van der Waals surface area contributed by atoms with Crippen molar-refractivity contribution in [3.8, 4) is 0 Å². The summed E-state index contributed by atoms with van der Waals surface area (Å²) in [7, 11) is 0. The SMILES string of the molecule is CCCCCCCCCCCCNC[C@H](O)[C@@H](O)[C@H](O)[C@H](O)CO. The van der Waals surface area contributed by atoms with Crippen LogP contribution in [0.1, 0.15) is 71.1 Å². The fraction of sp³-hybridized carbons (Fsp3) is 1.00. The maximum absolute atomic E-state index is 9.73. The zero-order valence-electron chi connectivity index (χ0n) is 15.2. The molecule has 0 aromatic carbocycles. The number of aliphatic hydroxyl groups excluding tert-OH is 5. The summed E-state index contributed by atoms with van der Waals surface area (Å²) in [5, 5.41) is 49.9. The summed E-state index contributed by atoms with van der Waals surface area (Å²) in [5.41, 5.74) is 0. The van der Waals surface area contributed by atoms with Gasteiger partial charge in [-0.1, -0.05) is 64.7 Å². The van der Waals surface area contributed by atoms with Gasteiger partial charge in [0.1, 0.15) is 18.3 Å². The summed E-state index contributed by atoms with van der Waals surface area (Å²) >= 11 is 0. The number of aliphatic hydroxyl groups is 5. The van der Waals surface area contributed by atoms with Gasteiger partial charge in [-0.15, -0.1) is 0 Å². The van der Waals surface area contributed by atoms with Gasteiger partial charge in [0.15, 0.2) is 0 Å². The fourth-order valence-corrected chi connectivity index (χ4v) is 2.67. The quantitative estimate of drug-likeness (QED) is 0.218. The smallest absolute Gasteiger partial charge is 0.111 e. The summed E-state index contributed by atoms with van der Waals surface area (Å²) < 4.78 is 0. The van der Waals surface area contributed by atoms with Crippen LogP contribution in [0.25, 0.3) is 0 Å². The van der Waals surface area contributed by atoms with Crippen molar-refractivity contribution in [3.63, 3.8) is 0 Å². The molecule has 0 aliphatic rings. The highest BCUT2D eigenvalue weighted by Gasteiger charge is 2.29. The van der Waals surface area contributed by atoms with Gasteiger partial charge in [-0.25, -0.2) is 0 Å². The minimum absolute atomic E-state index is 0.147. The third-order valence-electron chi connectivity index (χ3n) is 4.39. The van der Waals surface area contributed by atoms with Crippen LogP contribution >= 0.6 is 0 Å². The molecule has 24 heavy (non-hydrogen) atoms. The number of unbranched alkanes of at least 4 members (excludes halogenated alkanes) is 9. The van der Waals surface area contributed by atoms with E-state index < -0.39 is 31.0 Å². The van der Waals surface area contributed by atoms with Gasteiger partial charge in [-0.3, -0.25) is 0 Å². The summed E-state index contributed by atoms with van der Waals surface area (Å²) in [6.45, 7) is 2.47. The van der Waals surface area contributed by atoms with Crippen LogP contribution in [0.15, 0.2) is 0 Å². The van der Waals surface area contributed by atoms with E-state index in [9.17, 15) is 20.4 Å². The van der Waals surface area contributed by atoms with Crippen LogP contribution in [0.5, 0.6) is 0 Å². The lowest BCUT2D eigenvalue weighted by Gasteiger charge is -2.25. The highest BCUT2D eigenvalue weighted by atomic mass is 16.4. The van der Waals surface area contributed by atoms with Gasteiger partial charge in [0, 0.05) is 6.54 Å². The van der Waals surface area contributed by atoms with Gasteiger partial charge in [0.05, 0.1) is 12.7 Å². The molecule has 4 atom stereocenters. The summed E-state index contributed by atoms with van der Waals surface area (Å²) in [4.78, 5) is 0. The third kappa shape index (κ3) is 12.2. The van der Waals surface area contributed by atoms with Crippen molar-refractivity contribution >= 4 is 0 Å². The Morgan fingerprint density at radius 3 is 1.62 bits per heavy atom. The number of rotatable bonds is 17. The normalized spacial score (nSPS) is 16.8. The van der Waals surface area contributed by atoms with E-state index in [0.717, 1.165) is 19.4 Å². The number of nitrogens with one attached hydrogen (secondary N) is 1. The van der Waals surface area contributed by atoms with Crippen LogP contribution in [0.2, 0.25) is 0 Å². The Balaban J connectivity index is 3.43. The molecule has 0 aromatic rings. The van der Waals surface area contributed by atoms with E-state index in [2.05, 4.69) is 12.2 Å². The third-order valence-corrected chi connectivity index (χ3v) is 4.39. The molecule has 0 saturated carbocycles. The summed E-state index contributed by atoms with van der Waals surface area (Å²) in [6.07, 6.45) is 7.01. The minimum atomic E-state index is -1.55. The van der Waals surface area contributed by atoms with E-state index in [1.54, 1.807) is 0 Å². The molecular formula is C18H39NO5. The van der Waals surface area contributed by atoms with Crippen LogP contribution in [0.3, 0.4) is 0 Å². The zero-order valence-corrected chi connectivity index (χ0v) is 15.2. The maximum Gasteiger partial charge on any atom is 0.111 e. The Morgan fingerprint density at radius 2 is 1.12 bits per heavy atom. The molecule has 0 aliphatic carbocycles. The Morgan fingerprint density at radius 1 is 0.667 bits per heavy atom. The van der Waals surface area contributed by atoms with Crippen molar-refractivity contribution in [2.75, 3.05) is 19.7 Å². The molecule has 0 rings (SSSR count). The Hall–Kier alpha value is -0.240. The van der Waals surface area contributed by atoms with Crippen molar-refractivity contribution in [3.05, 3.63) is 0 Å². The molecule has 0 aromatic heterocycles. The van der Waals surface area contributed by atoms with Gasteiger partial charge >= 0.3 is 0 Å². The minimum Gasteiger partial charge on any atom is -0.394 e. The molecule has 0 spiro atoms. The number of hydrogen-bond donors (Lipinski definition) is 6. The van der Waals surface area contributed by atoms with Crippen LogP contribution in [0, 0.1) is 0 Å². The molecule has 0 amide bonds. The predicted molar refractivity (Wildman–Crippen MR) is 95.8 cm³/mol. The van der Waals surface area contributed by atoms with E-state index in [4.69, 9.17) is 5.11 Å². The Labute approximate surface area is 146 Å². The fourth-order valence-electron chi connectivity index (χ4n) is 2.67. The molecule has 0 unspecified atom stereocenters. The highest BCUT2D eigenvalue weighted by molar-refractivity contribution is 4.81. The van der Waals surface area contributed by atoms with E-state index in [-0.39, 0.29) is 6.54 Å². The average molecular weight is 350 g/mol. The van der Waals surface area contributed by atoms with Crippen LogP contribution in [-0.4, -0.2) is 69.6 Å². The molecule has 0 aliphatic heterocycles. The summed E-state index contributed by atoms with van der Waals surface area (Å²) in [6, 6.07) is 0. The second-order valence-electron chi connectivity index (χ2n) is 6.68. The monoisotopic (exact) mass is 349 g/mol. The Bertz CT molecular complexity index is 268. The predicted octanol–water partition coefficient (Wildman–Crippen LogP) is 0.933. The first-order valence-corrected chi connectivity index (χ1v) is 9.58. The van der Waals surface area contributed by atoms with Crippen molar-refractivity contribution < 1.29 is 25.5 Å². The van der Waals surface area contributed by atoms with Crippen LogP contribution in [0.4, 0.5) is 0 Å². The molecule has 6 N–H and O–H groups in total. The Kier molecular flexibility index (Phi) is 16.1. The van der Waals surface area contributed by atoms with Gasteiger partial charge in [-0.2, -0.15) is 0 Å². The second-order valence-corrected chi connectivity index (χ2v) is 6.68.